The number of carbonyl (C=O) groups excluding carboxylic acids is 2. The van der Waals surface area contributed by atoms with Crippen molar-refractivity contribution in [2.45, 2.75) is 36.6 Å². The number of hydrogen-bond donors (Lipinski definition) is 0. The third-order valence-corrected chi connectivity index (χ3v) is 9.84. The van der Waals surface area contributed by atoms with Crippen molar-refractivity contribution in [2.75, 3.05) is 25.5 Å². The fourth-order valence-corrected chi connectivity index (χ4v) is 8.41. The van der Waals surface area contributed by atoms with Crippen LogP contribution in [-0.2, 0) is 21.7 Å². The van der Waals surface area contributed by atoms with Crippen LogP contribution in [0.15, 0.2) is 65.1 Å². The van der Waals surface area contributed by atoms with Gasteiger partial charge in [0.05, 0.1) is 12.5 Å². The number of anilines is 1. The van der Waals surface area contributed by atoms with E-state index in [1.165, 1.54) is 11.8 Å². The van der Waals surface area contributed by atoms with Gasteiger partial charge in [-0.15, -0.1) is 0 Å². The summed E-state index contributed by atoms with van der Waals surface area (Å²) in [6.45, 7) is 4.76. The Morgan fingerprint density at radius 2 is 1.78 bits per heavy atom. The zero-order valence-electron chi connectivity index (χ0n) is 20.6. The van der Waals surface area contributed by atoms with Crippen LogP contribution in [0.1, 0.15) is 34.1 Å². The molecule has 0 N–H and O–H groups in total. The van der Waals surface area contributed by atoms with E-state index in [0.717, 1.165) is 28.1 Å². The molecule has 2 amide bonds. The fourth-order valence-electron chi connectivity index (χ4n) is 6.30. The van der Waals surface area contributed by atoms with Crippen molar-refractivity contribution < 1.29 is 14.0 Å². The number of likely N-dealkylation sites (N-methyl/N-ethyl adjacent to an activating group) is 2. The Labute approximate surface area is 220 Å². The molecule has 36 heavy (non-hydrogen) atoms. The van der Waals surface area contributed by atoms with Crippen molar-refractivity contribution >= 4 is 45.8 Å². The lowest BCUT2D eigenvalue weighted by Gasteiger charge is -2.41. The second kappa shape index (κ2) is 8.03. The molecule has 3 aromatic rings. The van der Waals surface area contributed by atoms with Gasteiger partial charge in [-0.2, -0.15) is 0 Å². The summed E-state index contributed by atoms with van der Waals surface area (Å²) in [7, 11) is 3.73. The molecule has 3 aliphatic rings. The Morgan fingerprint density at radius 1 is 1.03 bits per heavy atom. The van der Waals surface area contributed by atoms with E-state index in [4.69, 9.17) is 16.6 Å². The zero-order valence-corrected chi connectivity index (χ0v) is 22.3. The smallest absolute Gasteiger partial charge is 0.254 e. The number of fused-ring (bicyclic) bond motifs is 3. The highest BCUT2D eigenvalue weighted by Gasteiger charge is 2.79. The van der Waals surface area contributed by atoms with Crippen LogP contribution in [0.25, 0.3) is 0 Å². The van der Waals surface area contributed by atoms with Gasteiger partial charge in [-0.05, 0) is 44.7 Å². The number of carbonyl (C=O) groups is 2. The highest BCUT2D eigenvalue weighted by atomic mass is 32.2. The van der Waals surface area contributed by atoms with E-state index in [1.54, 1.807) is 16.8 Å². The monoisotopic (exact) mass is 517 g/mol. The third-order valence-electron chi connectivity index (χ3n) is 7.89. The lowest BCUT2D eigenvalue weighted by Crippen LogP contribution is -2.62. The first kappa shape index (κ1) is 23.5. The molecule has 4 heterocycles. The first-order valence-electron chi connectivity index (χ1n) is 12.0. The van der Waals surface area contributed by atoms with Gasteiger partial charge in [-0.25, -0.2) is 0 Å². The Bertz CT molecular complexity index is 1420. The molecular formula is C28H27N3O3S2. The lowest BCUT2D eigenvalue weighted by atomic mass is 9.73. The summed E-state index contributed by atoms with van der Waals surface area (Å²) in [6.07, 6.45) is 0. The quantitative estimate of drug-likeness (QED) is 0.474. The van der Waals surface area contributed by atoms with Crippen LogP contribution in [0.4, 0.5) is 5.69 Å². The number of furan rings is 1. The molecule has 0 aliphatic carbocycles. The Morgan fingerprint density at radius 3 is 2.47 bits per heavy atom. The minimum Gasteiger partial charge on any atom is -0.466 e. The average molecular weight is 518 g/mol. The van der Waals surface area contributed by atoms with Crippen molar-refractivity contribution in [2.24, 2.45) is 0 Å². The molecule has 2 spiro atoms. The molecule has 0 radical (unpaired) electrons. The molecule has 6 nitrogen and oxygen atoms in total. The van der Waals surface area contributed by atoms with Gasteiger partial charge in [0.1, 0.15) is 20.6 Å². The van der Waals surface area contributed by atoms with Crippen LogP contribution in [0, 0.1) is 13.8 Å². The van der Waals surface area contributed by atoms with E-state index >= 15 is 0 Å². The van der Waals surface area contributed by atoms with Crippen LogP contribution in [0.2, 0.25) is 0 Å². The van der Waals surface area contributed by atoms with Crippen molar-refractivity contribution in [1.82, 2.24) is 9.80 Å². The van der Waals surface area contributed by atoms with Crippen LogP contribution >= 0.6 is 24.0 Å². The summed E-state index contributed by atoms with van der Waals surface area (Å²) in [5, 5.41) is 0. The number of thiocarbonyl (C=S) groups is 1. The second-order valence-corrected chi connectivity index (χ2v) is 11.8. The topological polar surface area (TPSA) is 57.0 Å². The highest BCUT2D eigenvalue weighted by molar-refractivity contribution is 8.25. The molecule has 6 rings (SSSR count). The molecule has 1 aromatic heterocycles. The van der Waals surface area contributed by atoms with Gasteiger partial charge >= 0.3 is 0 Å². The summed E-state index contributed by atoms with van der Waals surface area (Å²) in [6, 6.07) is 19.7. The lowest BCUT2D eigenvalue weighted by molar-refractivity contribution is -0.139. The van der Waals surface area contributed by atoms with Gasteiger partial charge in [0, 0.05) is 24.8 Å². The predicted molar refractivity (Wildman–Crippen MR) is 145 cm³/mol. The van der Waals surface area contributed by atoms with Crippen molar-refractivity contribution in [3.05, 3.63) is 88.9 Å². The van der Waals surface area contributed by atoms with Crippen molar-refractivity contribution in [3.63, 3.8) is 0 Å². The molecule has 2 fully saturated rings. The molecular weight excluding hydrogens is 490 g/mol. The summed E-state index contributed by atoms with van der Waals surface area (Å²) in [5.41, 5.74) is 2.49. The van der Waals surface area contributed by atoms with Gasteiger partial charge in [-0.1, -0.05) is 72.0 Å². The highest BCUT2D eigenvalue weighted by Crippen LogP contribution is 2.66. The van der Waals surface area contributed by atoms with E-state index in [-0.39, 0.29) is 17.7 Å². The van der Waals surface area contributed by atoms with E-state index < -0.39 is 10.3 Å². The molecule has 8 heteroatoms. The van der Waals surface area contributed by atoms with Gasteiger partial charge < -0.3 is 9.32 Å². The Hall–Kier alpha value is -2.94. The molecule has 3 unspecified atom stereocenters. The van der Waals surface area contributed by atoms with Crippen LogP contribution in [0.5, 0.6) is 0 Å². The predicted octanol–water partition coefficient (Wildman–Crippen LogP) is 4.60. The molecule has 0 saturated carbocycles. The van der Waals surface area contributed by atoms with E-state index in [0.29, 0.717) is 23.2 Å². The van der Waals surface area contributed by atoms with Crippen LogP contribution in [-0.4, -0.2) is 51.3 Å². The average Bonchev–Trinajstić information content (AvgIpc) is 3.53. The van der Waals surface area contributed by atoms with Gasteiger partial charge in [-0.3, -0.25) is 19.4 Å². The Balaban J connectivity index is 1.60. The molecule has 3 aliphatic heterocycles. The minimum atomic E-state index is -1.22. The third kappa shape index (κ3) is 2.86. The number of likely N-dealkylation sites (tertiary alicyclic amines) is 1. The number of nitrogens with zero attached hydrogens (tertiary/aromatic N) is 3. The summed E-state index contributed by atoms with van der Waals surface area (Å²) in [5.74, 6) is 0.866. The largest absolute Gasteiger partial charge is 0.466 e. The summed E-state index contributed by atoms with van der Waals surface area (Å²) >= 11 is 7.24. The molecule has 2 aromatic carbocycles. The number of thioether (sulfide) groups is 1. The maximum atomic E-state index is 14.8. The molecule has 3 atom stereocenters. The van der Waals surface area contributed by atoms with E-state index in [2.05, 4.69) is 11.0 Å². The van der Waals surface area contributed by atoms with E-state index in [9.17, 15) is 9.59 Å². The molecule has 2 saturated heterocycles. The normalized spacial score (nSPS) is 27.8. The molecule has 184 valence electrons. The standard InChI is InChI=1S/C28H27N3O3S2/c1-17-10-12-22-20(14-17)27(24(32)30(22)4)28(21(16-29(27)3)23-13-11-18(2)34-23)25(33)31(26(35)36-28)15-19-8-6-5-7-9-19/h5-14,21H,15-16H2,1-4H3. The first-order valence-corrected chi connectivity index (χ1v) is 13.2. The number of rotatable bonds is 3. The van der Waals surface area contributed by atoms with Gasteiger partial charge in [0.15, 0.2) is 5.54 Å². The summed E-state index contributed by atoms with van der Waals surface area (Å²) in [4.78, 5) is 34.6. The van der Waals surface area contributed by atoms with Crippen molar-refractivity contribution in [1.29, 1.82) is 0 Å². The maximum absolute atomic E-state index is 14.8. The van der Waals surface area contributed by atoms with Gasteiger partial charge in [0.2, 0.25) is 5.91 Å². The van der Waals surface area contributed by atoms with Crippen LogP contribution < -0.4 is 4.90 Å². The SMILES string of the molecule is Cc1ccc2c(c1)C1(C(=O)N2C)N(C)CC(c2ccc(C)o2)C12SC(=S)N(Cc1ccccc1)C2=O. The van der Waals surface area contributed by atoms with Gasteiger partial charge in [0.25, 0.3) is 5.91 Å². The zero-order chi connectivity index (χ0) is 25.4. The number of benzene rings is 2. The number of aryl methyl sites for hydroxylation is 2. The second-order valence-electron chi connectivity index (χ2n) is 9.96. The minimum absolute atomic E-state index is 0.110. The fraction of sp³-hybridized carbons (Fsp3) is 0.321. The number of hydrogen-bond acceptors (Lipinski definition) is 6. The summed E-state index contributed by atoms with van der Waals surface area (Å²) < 4.78 is 5.42. The van der Waals surface area contributed by atoms with Crippen LogP contribution in [0.3, 0.4) is 0 Å². The maximum Gasteiger partial charge on any atom is 0.254 e. The van der Waals surface area contributed by atoms with E-state index in [1.807, 2.05) is 75.5 Å². The first-order chi connectivity index (χ1) is 17.2. The Kier molecular flexibility index (Phi) is 5.23. The molecule has 0 bridgehead atoms. The number of amides is 2. The van der Waals surface area contributed by atoms with Crippen molar-refractivity contribution in [3.8, 4) is 0 Å².